The molecule has 4 rings (SSSR count). The van der Waals surface area contributed by atoms with Gasteiger partial charge in [0.15, 0.2) is 0 Å². The Balaban J connectivity index is 1.59. The standard InChI is InChI=1S/C24H18N4O3/c29-23(26-25-15-17-11-13-19(14-12-17)24(30)31)21-16-28(20-9-5-2-6-10-20)27-22(21)18-7-3-1-4-8-18/h1-16H,(H,26,29)(H,30,31)/b25-15+. The number of hydrogen-bond donors (Lipinski definition) is 2. The Labute approximate surface area is 178 Å². The van der Waals surface area contributed by atoms with Gasteiger partial charge >= 0.3 is 5.97 Å². The molecule has 0 fully saturated rings. The van der Waals surface area contributed by atoms with Crippen molar-refractivity contribution in [3.05, 3.63) is 108 Å². The monoisotopic (exact) mass is 410 g/mol. The van der Waals surface area contributed by atoms with Gasteiger partial charge in [-0.05, 0) is 29.8 Å². The lowest BCUT2D eigenvalue weighted by atomic mass is 10.1. The molecule has 0 aliphatic rings. The van der Waals surface area contributed by atoms with E-state index in [1.807, 2.05) is 60.7 Å². The molecule has 31 heavy (non-hydrogen) atoms. The van der Waals surface area contributed by atoms with Crippen molar-refractivity contribution in [2.45, 2.75) is 0 Å². The molecule has 1 amide bonds. The molecule has 0 unspecified atom stereocenters. The number of hydrogen-bond acceptors (Lipinski definition) is 4. The smallest absolute Gasteiger partial charge is 0.335 e. The predicted molar refractivity (Wildman–Crippen MR) is 117 cm³/mol. The van der Waals surface area contributed by atoms with Gasteiger partial charge in [0.2, 0.25) is 0 Å². The van der Waals surface area contributed by atoms with Crippen molar-refractivity contribution in [2.75, 3.05) is 0 Å². The minimum absolute atomic E-state index is 0.182. The van der Waals surface area contributed by atoms with Crippen molar-refractivity contribution >= 4 is 18.1 Å². The lowest BCUT2D eigenvalue weighted by Gasteiger charge is -2.01. The van der Waals surface area contributed by atoms with Gasteiger partial charge in [0.25, 0.3) is 5.91 Å². The molecule has 4 aromatic rings. The minimum Gasteiger partial charge on any atom is -0.478 e. The summed E-state index contributed by atoms with van der Waals surface area (Å²) in [4.78, 5) is 23.8. The van der Waals surface area contributed by atoms with Crippen molar-refractivity contribution in [1.29, 1.82) is 0 Å². The molecule has 7 heteroatoms. The molecule has 0 aliphatic carbocycles. The summed E-state index contributed by atoms with van der Waals surface area (Å²) in [6.07, 6.45) is 3.12. The molecule has 152 valence electrons. The number of amides is 1. The summed E-state index contributed by atoms with van der Waals surface area (Å²) in [5.41, 5.74) is 5.94. The van der Waals surface area contributed by atoms with Crippen LogP contribution in [0.15, 0.2) is 96.2 Å². The summed E-state index contributed by atoms with van der Waals surface area (Å²) >= 11 is 0. The van der Waals surface area contributed by atoms with Crippen LogP contribution in [0.5, 0.6) is 0 Å². The zero-order valence-electron chi connectivity index (χ0n) is 16.3. The van der Waals surface area contributed by atoms with Crippen LogP contribution < -0.4 is 5.43 Å². The Morgan fingerprint density at radius 1 is 0.903 bits per heavy atom. The average molecular weight is 410 g/mol. The molecular formula is C24H18N4O3. The van der Waals surface area contributed by atoms with Gasteiger partial charge in [0.1, 0.15) is 5.69 Å². The molecule has 2 N–H and O–H groups in total. The van der Waals surface area contributed by atoms with Gasteiger partial charge in [-0.3, -0.25) is 4.79 Å². The zero-order chi connectivity index (χ0) is 21.6. The number of aromatic carboxylic acids is 1. The minimum atomic E-state index is -0.999. The molecule has 0 saturated carbocycles. The summed E-state index contributed by atoms with van der Waals surface area (Å²) in [7, 11) is 0. The van der Waals surface area contributed by atoms with Gasteiger partial charge in [-0.1, -0.05) is 60.7 Å². The Hall–Kier alpha value is -4.52. The number of carboxylic acid groups (broad SMARTS) is 1. The van der Waals surface area contributed by atoms with Gasteiger partial charge < -0.3 is 5.11 Å². The van der Waals surface area contributed by atoms with E-state index in [1.165, 1.54) is 18.3 Å². The number of nitrogens with zero attached hydrogens (tertiary/aromatic N) is 3. The van der Waals surface area contributed by atoms with Crippen LogP contribution >= 0.6 is 0 Å². The van der Waals surface area contributed by atoms with E-state index in [1.54, 1.807) is 23.0 Å². The fourth-order valence-electron chi connectivity index (χ4n) is 3.00. The number of benzene rings is 3. The van der Waals surface area contributed by atoms with Gasteiger partial charge in [-0.2, -0.15) is 10.2 Å². The van der Waals surface area contributed by atoms with Crippen LogP contribution in [0.25, 0.3) is 16.9 Å². The summed E-state index contributed by atoms with van der Waals surface area (Å²) < 4.78 is 1.66. The lowest BCUT2D eigenvalue weighted by molar-refractivity contribution is 0.0696. The van der Waals surface area contributed by atoms with Crippen LogP contribution in [0, 0.1) is 0 Å². The van der Waals surface area contributed by atoms with Gasteiger partial charge in [0.05, 0.1) is 23.0 Å². The van der Waals surface area contributed by atoms with Crippen LogP contribution in [0.4, 0.5) is 0 Å². The zero-order valence-corrected chi connectivity index (χ0v) is 16.3. The first-order valence-corrected chi connectivity index (χ1v) is 9.49. The lowest BCUT2D eigenvalue weighted by Crippen LogP contribution is -2.18. The second-order valence-electron chi connectivity index (χ2n) is 6.66. The highest BCUT2D eigenvalue weighted by Crippen LogP contribution is 2.23. The van der Waals surface area contributed by atoms with Crippen molar-refractivity contribution in [2.24, 2.45) is 5.10 Å². The molecule has 1 aromatic heterocycles. The summed E-state index contributed by atoms with van der Waals surface area (Å²) in [5.74, 6) is -1.40. The Morgan fingerprint density at radius 2 is 1.55 bits per heavy atom. The number of aromatic nitrogens is 2. The van der Waals surface area contributed by atoms with E-state index in [-0.39, 0.29) is 5.56 Å². The number of carbonyl (C=O) groups is 2. The van der Waals surface area contributed by atoms with Crippen LogP contribution in [-0.4, -0.2) is 33.0 Å². The number of nitrogens with one attached hydrogen (secondary N) is 1. The quantitative estimate of drug-likeness (QED) is 0.371. The molecular weight excluding hydrogens is 392 g/mol. The molecule has 0 saturated heterocycles. The van der Waals surface area contributed by atoms with Crippen LogP contribution in [0.2, 0.25) is 0 Å². The Morgan fingerprint density at radius 3 is 2.19 bits per heavy atom. The third kappa shape index (κ3) is 4.56. The third-order valence-corrected chi connectivity index (χ3v) is 4.56. The Kier molecular flexibility index (Phi) is 5.66. The SMILES string of the molecule is O=C(O)c1ccc(/C=N/NC(=O)c2cn(-c3ccccc3)nc2-c2ccccc2)cc1. The van der Waals surface area contributed by atoms with E-state index in [2.05, 4.69) is 15.6 Å². The van der Waals surface area contributed by atoms with E-state index in [9.17, 15) is 9.59 Å². The van der Waals surface area contributed by atoms with E-state index in [0.29, 0.717) is 16.8 Å². The topological polar surface area (TPSA) is 96.6 Å². The number of carbonyl (C=O) groups excluding carboxylic acids is 1. The molecule has 0 bridgehead atoms. The maximum absolute atomic E-state index is 12.9. The fraction of sp³-hybridized carbons (Fsp3) is 0. The summed E-state index contributed by atoms with van der Waals surface area (Å²) in [5, 5.41) is 17.6. The molecule has 1 heterocycles. The number of carboxylic acids is 1. The second-order valence-corrected chi connectivity index (χ2v) is 6.66. The van der Waals surface area contributed by atoms with Gasteiger partial charge in [0, 0.05) is 11.8 Å². The molecule has 7 nitrogen and oxygen atoms in total. The predicted octanol–water partition coefficient (Wildman–Crippen LogP) is 4.00. The molecule has 3 aromatic carbocycles. The maximum atomic E-state index is 12.9. The highest BCUT2D eigenvalue weighted by Gasteiger charge is 2.18. The highest BCUT2D eigenvalue weighted by molar-refractivity contribution is 6.00. The second kappa shape index (κ2) is 8.87. The first-order valence-electron chi connectivity index (χ1n) is 9.49. The number of rotatable bonds is 6. The third-order valence-electron chi connectivity index (χ3n) is 4.56. The van der Waals surface area contributed by atoms with Crippen LogP contribution in [-0.2, 0) is 0 Å². The van der Waals surface area contributed by atoms with Crippen molar-refractivity contribution in [3.8, 4) is 16.9 Å². The van der Waals surface area contributed by atoms with Crippen molar-refractivity contribution in [1.82, 2.24) is 15.2 Å². The average Bonchev–Trinajstić information content (AvgIpc) is 3.26. The maximum Gasteiger partial charge on any atom is 0.335 e. The first-order chi connectivity index (χ1) is 15.1. The Bertz CT molecular complexity index is 1230. The highest BCUT2D eigenvalue weighted by atomic mass is 16.4. The molecule has 0 atom stereocenters. The molecule has 0 aliphatic heterocycles. The largest absolute Gasteiger partial charge is 0.478 e. The fourth-order valence-corrected chi connectivity index (χ4v) is 3.00. The molecule has 0 spiro atoms. The van der Waals surface area contributed by atoms with E-state index >= 15 is 0 Å². The van der Waals surface area contributed by atoms with Crippen LogP contribution in [0.3, 0.4) is 0 Å². The number of para-hydroxylation sites is 1. The van der Waals surface area contributed by atoms with Gasteiger partial charge in [-0.25, -0.2) is 14.9 Å². The normalized spacial score (nSPS) is 10.8. The van der Waals surface area contributed by atoms with Crippen molar-refractivity contribution in [3.63, 3.8) is 0 Å². The van der Waals surface area contributed by atoms with Crippen LogP contribution in [0.1, 0.15) is 26.3 Å². The number of hydrazone groups is 1. The van der Waals surface area contributed by atoms with Gasteiger partial charge in [-0.15, -0.1) is 0 Å². The molecule has 0 radical (unpaired) electrons. The van der Waals surface area contributed by atoms with E-state index in [0.717, 1.165) is 11.3 Å². The van der Waals surface area contributed by atoms with E-state index < -0.39 is 11.9 Å². The summed E-state index contributed by atoms with van der Waals surface area (Å²) in [6, 6.07) is 25.2. The summed E-state index contributed by atoms with van der Waals surface area (Å²) in [6.45, 7) is 0. The first kappa shape index (κ1) is 19.8. The van der Waals surface area contributed by atoms with Crippen molar-refractivity contribution < 1.29 is 14.7 Å². The van der Waals surface area contributed by atoms with E-state index in [4.69, 9.17) is 5.11 Å².